The number of aryl methyl sites for hydroxylation is 1. The van der Waals surface area contributed by atoms with Gasteiger partial charge in [-0.1, -0.05) is 0 Å². The lowest BCUT2D eigenvalue weighted by Gasteiger charge is -1.91. The minimum atomic E-state index is -1.21. The summed E-state index contributed by atoms with van der Waals surface area (Å²) in [5, 5.41) is 12.3. The third-order valence-corrected chi connectivity index (χ3v) is 1.60. The van der Waals surface area contributed by atoms with Crippen LogP contribution in [0.15, 0.2) is 5.38 Å². The molecule has 1 heterocycles. The van der Waals surface area contributed by atoms with Gasteiger partial charge in [0, 0.05) is 5.38 Å². The van der Waals surface area contributed by atoms with E-state index in [1.807, 2.05) is 0 Å². The molecule has 0 atom stereocenters. The van der Waals surface area contributed by atoms with Gasteiger partial charge in [-0.05, 0) is 6.92 Å². The Morgan fingerprint density at radius 2 is 2.56 bits per heavy atom. The average Bonchev–Trinajstić information content (AvgIpc) is 2.14. The smallest absolute Gasteiger partial charge is 0.0969 e. The van der Waals surface area contributed by atoms with Gasteiger partial charge in [0.2, 0.25) is 0 Å². The monoisotopic (exact) mass is 142 g/mol. The Labute approximate surface area is 56.0 Å². The maximum atomic E-state index is 10.0. The highest BCUT2D eigenvalue weighted by Crippen LogP contribution is 2.05. The third kappa shape index (κ3) is 1.26. The maximum Gasteiger partial charge on any atom is 0.0969 e. The van der Waals surface area contributed by atoms with E-state index >= 15 is 0 Å². The van der Waals surface area contributed by atoms with E-state index in [9.17, 15) is 9.90 Å². The first kappa shape index (κ1) is 6.22. The fraction of sp³-hybridized carbons (Fsp3) is 0.200. The Morgan fingerprint density at radius 1 is 1.89 bits per heavy atom. The van der Waals surface area contributed by atoms with Crippen molar-refractivity contribution in [2.75, 3.05) is 0 Å². The zero-order valence-electron chi connectivity index (χ0n) is 4.75. The van der Waals surface area contributed by atoms with E-state index in [0.29, 0.717) is 0 Å². The molecule has 0 amide bonds. The summed E-state index contributed by atoms with van der Waals surface area (Å²) in [5.41, 5.74) is 0.0255. The molecule has 0 unspecified atom stereocenters. The topological polar surface area (TPSA) is 53.0 Å². The van der Waals surface area contributed by atoms with Crippen molar-refractivity contribution in [3.05, 3.63) is 16.1 Å². The molecule has 3 nitrogen and oxygen atoms in total. The van der Waals surface area contributed by atoms with Gasteiger partial charge in [0.25, 0.3) is 0 Å². The first-order chi connectivity index (χ1) is 4.20. The highest BCUT2D eigenvalue weighted by molar-refractivity contribution is 7.09. The fourth-order valence-electron chi connectivity index (χ4n) is 0.457. The molecule has 0 aromatic carbocycles. The molecule has 0 spiro atoms. The maximum absolute atomic E-state index is 10.0. The lowest BCUT2D eigenvalue weighted by atomic mass is 10.5. The molecule has 0 saturated carbocycles. The van der Waals surface area contributed by atoms with Crippen molar-refractivity contribution in [1.82, 2.24) is 4.98 Å². The van der Waals surface area contributed by atoms with Gasteiger partial charge in [0.05, 0.1) is 16.7 Å². The minimum absolute atomic E-state index is 0.0255. The van der Waals surface area contributed by atoms with Crippen molar-refractivity contribution in [3.63, 3.8) is 0 Å². The molecule has 0 aliphatic heterocycles. The molecular formula is C5H4NO2S-. The molecule has 9 heavy (non-hydrogen) atoms. The first-order valence-corrected chi connectivity index (χ1v) is 3.21. The zero-order chi connectivity index (χ0) is 6.85. The van der Waals surface area contributed by atoms with E-state index in [-0.39, 0.29) is 5.69 Å². The molecule has 0 radical (unpaired) electrons. The molecule has 0 N–H and O–H groups in total. The summed E-state index contributed by atoms with van der Waals surface area (Å²) >= 11 is 1.30. The fourth-order valence-corrected chi connectivity index (χ4v) is 1.04. The first-order valence-electron chi connectivity index (χ1n) is 2.33. The third-order valence-electron chi connectivity index (χ3n) is 0.828. The number of carbonyl (C=O) groups is 1. The molecule has 0 aliphatic rings. The van der Waals surface area contributed by atoms with Crippen molar-refractivity contribution < 1.29 is 9.90 Å². The highest BCUT2D eigenvalue weighted by Gasteiger charge is 1.95. The molecule has 0 bridgehead atoms. The van der Waals surface area contributed by atoms with Gasteiger partial charge in [0.15, 0.2) is 0 Å². The zero-order valence-corrected chi connectivity index (χ0v) is 5.57. The molecule has 48 valence electrons. The highest BCUT2D eigenvalue weighted by atomic mass is 32.1. The van der Waals surface area contributed by atoms with Crippen molar-refractivity contribution >= 4 is 17.3 Å². The van der Waals surface area contributed by atoms with Crippen molar-refractivity contribution in [3.8, 4) is 0 Å². The van der Waals surface area contributed by atoms with E-state index in [0.717, 1.165) is 5.01 Å². The van der Waals surface area contributed by atoms with E-state index < -0.39 is 5.97 Å². The van der Waals surface area contributed by atoms with E-state index in [2.05, 4.69) is 4.98 Å². The Bertz CT molecular complexity index is 231. The molecule has 1 aromatic rings. The van der Waals surface area contributed by atoms with Gasteiger partial charge in [0.1, 0.15) is 0 Å². The van der Waals surface area contributed by atoms with Crippen LogP contribution in [0.5, 0.6) is 0 Å². The molecule has 0 aliphatic carbocycles. The van der Waals surface area contributed by atoms with Gasteiger partial charge in [-0.25, -0.2) is 4.98 Å². The van der Waals surface area contributed by atoms with Crippen molar-refractivity contribution in [1.29, 1.82) is 0 Å². The normalized spacial score (nSPS) is 9.44. The largest absolute Gasteiger partial charge is 0.543 e. The molecular weight excluding hydrogens is 138 g/mol. The van der Waals surface area contributed by atoms with Gasteiger partial charge >= 0.3 is 0 Å². The van der Waals surface area contributed by atoms with Gasteiger partial charge < -0.3 is 9.90 Å². The molecule has 0 fully saturated rings. The van der Waals surface area contributed by atoms with Crippen molar-refractivity contribution in [2.24, 2.45) is 0 Å². The Balaban J connectivity index is 2.98. The number of aromatic carboxylic acids is 1. The van der Waals surface area contributed by atoms with Crippen LogP contribution in [0.4, 0.5) is 0 Å². The van der Waals surface area contributed by atoms with Crippen LogP contribution < -0.4 is 5.11 Å². The van der Waals surface area contributed by atoms with E-state index in [1.165, 1.54) is 16.7 Å². The van der Waals surface area contributed by atoms with Crippen LogP contribution in [-0.4, -0.2) is 11.0 Å². The lowest BCUT2D eigenvalue weighted by Crippen LogP contribution is -2.22. The summed E-state index contributed by atoms with van der Waals surface area (Å²) in [5.74, 6) is -1.21. The number of carboxylic acid groups (broad SMARTS) is 1. The number of nitrogens with zero attached hydrogens (tertiary/aromatic N) is 1. The number of thiazole rings is 1. The van der Waals surface area contributed by atoms with Crippen LogP contribution in [0.3, 0.4) is 0 Å². The molecule has 1 aromatic heterocycles. The van der Waals surface area contributed by atoms with Crippen LogP contribution in [-0.2, 0) is 0 Å². The number of rotatable bonds is 1. The second-order valence-corrected chi connectivity index (χ2v) is 2.60. The van der Waals surface area contributed by atoms with E-state index in [4.69, 9.17) is 0 Å². The minimum Gasteiger partial charge on any atom is -0.543 e. The summed E-state index contributed by atoms with van der Waals surface area (Å²) in [7, 11) is 0. The Hall–Kier alpha value is -0.900. The summed E-state index contributed by atoms with van der Waals surface area (Å²) in [4.78, 5) is 13.7. The number of hydrogen-bond donors (Lipinski definition) is 0. The SMILES string of the molecule is Cc1nc(C(=O)[O-])cs1. The van der Waals surface area contributed by atoms with Gasteiger partial charge in [-0.15, -0.1) is 11.3 Å². The standard InChI is InChI=1S/C5H5NO2S/c1-3-6-4(2-9-3)5(7)8/h2H,1H3,(H,7,8)/p-1. The second kappa shape index (κ2) is 2.14. The summed E-state index contributed by atoms with van der Waals surface area (Å²) in [6, 6.07) is 0. The number of hydrogen-bond acceptors (Lipinski definition) is 4. The second-order valence-electron chi connectivity index (χ2n) is 1.54. The molecule has 0 saturated heterocycles. The van der Waals surface area contributed by atoms with Crippen molar-refractivity contribution in [2.45, 2.75) is 6.92 Å². The summed E-state index contributed by atoms with van der Waals surface area (Å²) in [6.07, 6.45) is 0. The van der Waals surface area contributed by atoms with Crippen LogP contribution >= 0.6 is 11.3 Å². The molecule has 4 heteroatoms. The predicted molar refractivity (Wildman–Crippen MR) is 31.2 cm³/mol. The van der Waals surface area contributed by atoms with E-state index in [1.54, 1.807) is 6.92 Å². The van der Waals surface area contributed by atoms with Crippen LogP contribution in [0.2, 0.25) is 0 Å². The average molecular weight is 142 g/mol. The predicted octanol–water partition coefficient (Wildman–Crippen LogP) is -0.185. The Kier molecular flexibility index (Phi) is 1.48. The lowest BCUT2D eigenvalue weighted by molar-refractivity contribution is -0.255. The number of aromatic nitrogens is 1. The quantitative estimate of drug-likeness (QED) is 0.546. The Morgan fingerprint density at radius 3 is 2.78 bits per heavy atom. The summed E-state index contributed by atoms with van der Waals surface area (Å²) < 4.78 is 0. The van der Waals surface area contributed by atoms with Crippen LogP contribution in [0.25, 0.3) is 0 Å². The molecule has 1 rings (SSSR count). The van der Waals surface area contributed by atoms with Crippen LogP contribution in [0.1, 0.15) is 15.5 Å². The number of carboxylic acids is 1. The summed E-state index contributed by atoms with van der Waals surface area (Å²) in [6.45, 7) is 1.75. The van der Waals surface area contributed by atoms with Gasteiger partial charge in [-0.3, -0.25) is 0 Å². The van der Waals surface area contributed by atoms with Crippen LogP contribution in [0, 0.1) is 6.92 Å². The van der Waals surface area contributed by atoms with Gasteiger partial charge in [-0.2, -0.15) is 0 Å². The number of carbonyl (C=O) groups excluding carboxylic acids is 1.